The highest BCUT2D eigenvalue weighted by Crippen LogP contribution is 2.32. The number of carbonyl (C=O) groups excluding carboxylic acids is 4. The van der Waals surface area contributed by atoms with Crippen molar-refractivity contribution in [3.05, 3.63) is 47.9 Å². The van der Waals surface area contributed by atoms with Crippen LogP contribution in [0.4, 0.5) is 5.69 Å². The lowest BCUT2D eigenvalue weighted by atomic mass is 10.0. The van der Waals surface area contributed by atoms with Gasteiger partial charge in [0.2, 0.25) is 17.7 Å². The van der Waals surface area contributed by atoms with Gasteiger partial charge in [0.25, 0.3) is 5.91 Å². The predicted octanol–water partition coefficient (Wildman–Crippen LogP) is 0.0679. The van der Waals surface area contributed by atoms with Gasteiger partial charge in [0.05, 0.1) is 12.4 Å². The number of aromatic nitrogens is 5. The minimum atomic E-state index is -0.715. The van der Waals surface area contributed by atoms with Crippen LogP contribution in [-0.2, 0) is 27.5 Å². The van der Waals surface area contributed by atoms with E-state index >= 15 is 0 Å². The Kier molecular flexibility index (Phi) is 4.73. The van der Waals surface area contributed by atoms with Gasteiger partial charge in [0.15, 0.2) is 0 Å². The van der Waals surface area contributed by atoms with Crippen molar-refractivity contribution < 1.29 is 19.2 Å². The molecule has 4 heterocycles. The number of rotatable bonds is 5. The highest BCUT2D eigenvalue weighted by Gasteiger charge is 2.39. The second-order valence-corrected chi connectivity index (χ2v) is 7.57. The average Bonchev–Trinajstić information content (AvgIpc) is 3.50. The Bertz CT molecular complexity index is 1230. The fourth-order valence-electron chi connectivity index (χ4n) is 3.94. The molecule has 32 heavy (non-hydrogen) atoms. The van der Waals surface area contributed by atoms with Crippen molar-refractivity contribution >= 4 is 29.3 Å². The van der Waals surface area contributed by atoms with Gasteiger partial charge in [0.1, 0.15) is 18.3 Å². The van der Waals surface area contributed by atoms with Gasteiger partial charge in [-0.05, 0) is 18.6 Å². The molecule has 1 atom stereocenters. The first-order valence-electron chi connectivity index (χ1n) is 9.95. The Hall–Kier alpha value is -4.35. The lowest BCUT2D eigenvalue weighted by Crippen LogP contribution is -2.52. The summed E-state index contributed by atoms with van der Waals surface area (Å²) in [6, 6.07) is 4.32. The van der Waals surface area contributed by atoms with Crippen LogP contribution in [0.1, 0.15) is 28.8 Å². The van der Waals surface area contributed by atoms with E-state index in [-0.39, 0.29) is 43.7 Å². The Morgan fingerprint density at radius 2 is 2.12 bits per heavy atom. The van der Waals surface area contributed by atoms with Crippen LogP contribution in [0, 0.1) is 0 Å². The molecule has 2 aliphatic heterocycles. The standard InChI is InChI=1S/C20H18N8O4/c29-17-5-4-16(19(31)24-17)28-8-13-12(20(28)32)2-1-3-14(13)23-18(30)10-27-9-15(25-26-27)11-6-21-22-7-11/h1-3,6-7,9,16H,4-5,8,10H2,(H,21,22)(H,23,30)(H,24,29,31). The number of hydrogen-bond acceptors (Lipinski definition) is 7. The molecule has 0 aliphatic carbocycles. The van der Waals surface area contributed by atoms with E-state index in [9.17, 15) is 19.2 Å². The molecular formula is C20H18N8O4. The fraction of sp³-hybridized carbons (Fsp3) is 0.250. The van der Waals surface area contributed by atoms with Crippen LogP contribution in [0.3, 0.4) is 0 Å². The van der Waals surface area contributed by atoms with Crippen LogP contribution in [0.5, 0.6) is 0 Å². The SMILES string of the molecule is O=C1CCC(N2Cc3c(NC(=O)Cn4cc(-c5cn[nH]c5)nn4)cccc3C2=O)C(=O)N1. The number of fused-ring (bicyclic) bond motifs is 1. The van der Waals surface area contributed by atoms with Crippen molar-refractivity contribution in [2.45, 2.75) is 32.0 Å². The van der Waals surface area contributed by atoms with Crippen molar-refractivity contribution in [1.82, 2.24) is 35.4 Å². The van der Waals surface area contributed by atoms with Gasteiger partial charge >= 0.3 is 0 Å². The average molecular weight is 434 g/mol. The molecule has 4 amide bonds. The molecule has 0 bridgehead atoms. The van der Waals surface area contributed by atoms with Gasteiger partial charge in [-0.15, -0.1) is 5.10 Å². The summed E-state index contributed by atoms with van der Waals surface area (Å²) in [7, 11) is 0. The van der Waals surface area contributed by atoms with Gasteiger partial charge in [-0.2, -0.15) is 5.10 Å². The molecule has 1 saturated heterocycles. The Morgan fingerprint density at radius 3 is 2.91 bits per heavy atom. The van der Waals surface area contributed by atoms with Crippen LogP contribution in [0.25, 0.3) is 11.3 Å². The van der Waals surface area contributed by atoms with Crippen molar-refractivity contribution in [2.75, 3.05) is 5.32 Å². The van der Waals surface area contributed by atoms with E-state index in [2.05, 4.69) is 31.1 Å². The first-order valence-corrected chi connectivity index (χ1v) is 9.95. The fourth-order valence-corrected chi connectivity index (χ4v) is 3.94. The number of nitrogens with one attached hydrogen (secondary N) is 3. The molecule has 1 unspecified atom stereocenters. The molecule has 1 aromatic carbocycles. The summed E-state index contributed by atoms with van der Waals surface area (Å²) < 4.78 is 1.40. The third-order valence-corrected chi connectivity index (χ3v) is 5.49. The second-order valence-electron chi connectivity index (χ2n) is 7.57. The molecular weight excluding hydrogens is 416 g/mol. The summed E-state index contributed by atoms with van der Waals surface area (Å²) in [5.74, 6) is -1.46. The highest BCUT2D eigenvalue weighted by atomic mass is 16.2. The first kappa shape index (κ1) is 19.6. The molecule has 12 nitrogen and oxygen atoms in total. The van der Waals surface area contributed by atoms with E-state index in [0.29, 0.717) is 22.5 Å². The molecule has 12 heteroatoms. The van der Waals surface area contributed by atoms with Gasteiger partial charge in [-0.3, -0.25) is 29.6 Å². The van der Waals surface area contributed by atoms with E-state index < -0.39 is 11.9 Å². The molecule has 5 rings (SSSR count). The van der Waals surface area contributed by atoms with E-state index in [4.69, 9.17) is 0 Å². The molecule has 0 saturated carbocycles. The maximum atomic E-state index is 12.9. The molecule has 3 aromatic rings. The molecule has 2 aliphatic rings. The van der Waals surface area contributed by atoms with Crippen LogP contribution >= 0.6 is 0 Å². The number of hydrogen-bond donors (Lipinski definition) is 3. The van der Waals surface area contributed by atoms with E-state index in [1.54, 1.807) is 36.8 Å². The zero-order valence-electron chi connectivity index (χ0n) is 16.7. The Morgan fingerprint density at radius 1 is 1.25 bits per heavy atom. The lowest BCUT2D eigenvalue weighted by Gasteiger charge is -2.29. The second kappa shape index (κ2) is 7.72. The monoisotopic (exact) mass is 434 g/mol. The summed E-state index contributed by atoms with van der Waals surface area (Å²) >= 11 is 0. The lowest BCUT2D eigenvalue weighted by molar-refractivity contribution is -0.137. The maximum Gasteiger partial charge on any atom is 0.255 e. The molecule has 0 radical (unpaired) electrons. The summed E-state index contributed by atoms with van der Waals surface area (Å²) in [5, 5.41) is 19.6. The molecule has 0 spiro atoms. The first-order chi connectivity index (χ1) is 15.5. The molecule has 1 fully saturated rings. The zero-order valence-corrected chi connectivity index (χ0v) is 16.7. The number of piperidine rings is 1. The molecule has 3 N–H and O–H groups in total. The number of amides is 4. The van der Waals surface area contributed by atoms with Gasteiger partial charge in [0, 0.05) is 41.5 Å². The maximum absolute atomic E-state index is 12.9. The zero-order chi connectivity index (χ0) is 22.2. The summed E-state index contributed by atoms with van der Waals surface area (Å²) in [5.41, 5.74) is 2.89. The summed E-state index contributed by atoms with van der Waals surface area (Å²) in [4.78, 5) is 50.6. The van der Waals surface area contributed by atoms with Gasteiger partial charge in [-0.25, -0.2) is 4.68 Å². The third-order valence-electron chi connectivity index (χ3n) is 5.49. The smallest absolute Gasteiger partial charge is 0.255 e. The summed E-state index contributed by atoms with van der Waals surface area (Å²) in [6.45, 7) is 0.101. The number of imide groups is 1. The van der Waals surface area contributed by atoms with Crippen molar-refractivity contribution in [2.24, 2.45) is 0 Å². The quantitative estimate of drug-likeness (QED) is 0.480. The van der Waals surface area contributed by atoms with Crippen molar-refractivity contribution in [3.63, 3.8) is 0 Å². The van der Waals surface area contributed by atoms with Crippen LogP contribution < -0.4 is 10.6 Å². The Labute approximate surface area is 181 Å². The van der Waals surface area contributed by atoms with E-state index in [0.717, 1.165) is 5.56 Å². The van der Waals surface area contributed by atoms with E-state index in [1.165, 1.54) is 9.58 Å². The number of H-pyrrole nitrogens is 1. The molecule has 2 aromatic heterocycles. The molecule has 162 valence electrons. The van der Waals surface area contributed by atoms with E-state index in [1.807, 2.05) is 0 Å². The minimum Gasteiger partial charge on any atom is -0.324 e. The van der Waals surface area contributed by atoms with Gasteiger partial charge in [-0.1, -0.05) is 11.3 Å². The minimum absolute atomic E-state index is 0.0701. The third kappa shape index (κ3) is 3.51. The normalized spacial score (nSPS) is 17.9. The number of carbonyl (C=O) groups is 4. The van der Waals surface area contributed by atoms with Crippen LogP contribution in [0.15, 0.2) is 36.8 Å². The van der Waals surface area contributed by atoms with Crippen molar-refractivity contribution in [3.8, 4) is 11.3 Å². The number of benzene rings is 1. The largest absolute Gasteiger partial charge is 0.324 e. The topological polar surface area (TPSA) is 155 Å². The highest BCUT2D eigenvalue weighted by molar-refractivity contribution is 6.06. The number of anilines is 1. The van der Waals surface area contributed by atoms with Crippen molar-refractivity contribution in [1.29, 1.82) is 0 Å². The number of aromatic amines is 1. The van der Waals surface area contributed by atoms with Crippen LogP contribution in [-0.4, -0.2) is 59.8 Å². The summed E-state index contributed by atoms with van der Waals surface area (Å²) in [6.07, 6.45) is 5.37. The Balaban J connectivity index is 1.30. The van der Waals surface area contributed by atoms with Gasteiger partial charge < -0.3 is 10.2 Å². The number of nitrogens with zero attached hydrogens (tertiary/aromatic N) is 5. The predicted molar refractivity (Wildman–Crippen MR) is 109 cm³/mol. The van der Waals surface area contributed by atoms with Crippen LogP contribution in [0.2, 0.25) is 0 Å².